The van der Waals surface area contributed by atoms with Crippen LogP contribution in [0.3, 0.4) is 0 Å². The molecule has 2 saturated heterocycles. The first-order chi connectivity index (χ1) is 12.4. The van der Waals surface area contributed by atoms with E-state index < -0.39 is 0 Å². The van der Waals surface area contributed by atoms with E-state index >= 15 is 0 Å². The molecule has 2 fully saturated rings. The van der Waals surface area contributed by atoms with Gasteiger partial charge in [0, 0.05) is 50.5 Å². The molecule has 144 valence electrons. The van der Waals surface area contributed by atoms with Crippen LogP contribution < -0.4 is 0 Å². The first kappa shape index (κ1) is 18.9. The van der Waals surface area contributed by atoms with Crippen LogP contribution in [-0.4, -0.2) is 52.9 Å². The minimum Gasteiger partial charge on any atom is -0.361 e. The standard InChI is InChI=1S/C20H31N3O3/c1-4-16-12-17(21-26-16)19(25)23-10-5-8-20(14-23)9-6-18(24)22(13-20)11-7-15(2)3/h12,15H,4-11,13-14H2,1-3H3. The Labute approximate surface area is 155 Å². The SMILES string of the molecule is CCc1cc(C(=O)N2CCCC3(CCC(=O)N(CCC(C)C)C3)C2)no1. The molecular weight excluding hydrogens is 330 g/mol. The molecule has 0 bridgehead atoms. The molecule has 1 atom stereocenters. The molecule has 1 spiro atoms. The molecule has 3 heterocycles. The van der Waals surface area contributed by atoms with Gasteiger partial charge in [-0.2, -0.15) is 0 Å². The van der Waals surface area contributed by atoms with Crippen LogP contribution in [0.15, 0.2) is 10.6 Å². The summed E-state index contributed by atoms with van der Waals surface area (Å²) in [4.78, 5) is 29.1. The van der Waals surface area contributed by atoms with Crippen molar-refractivity contribution >= 4 is 11.8 Å². The zero-order valence-electron chi connectivity index (χ0n) is 16.3. The predicted octanol–water partition coefficient (Wildman–Crippen LogP) is 3.13. The Morgan fingerprint density at radius 3 is 2.85 bits per heavy atom. The maximum Gasteiger partial charge on any atom is 0.276 e. The number of amides is 2. The number of nitrogens with zero attached hydrogens (tertiary/aromatic N) is 3. The third kappa shape index (κ3) is 4.10. The van der Waals surface area contributed by atoms with Crippen molar-refractivity contribution in [1.82, 2.24) is 15.0 Å². The van der Waals surface area contributed by atoms with Crippen molar-refractivity contribution in [2.75, 3.05) is 26.2 Å². The van der Waals surface area contributed by atoms with Crippen LogP contribution in [-0.2, 0) is 11.2 Å². The quantitative estimate of drug-likeness (QED) is 0.808. The first-order valence-electron chi connectivity index (χ1n) is 9.95. The fraction of sp³-hybridized carbons (Fsp3) is 0.750. The van der Waals surface area contributed by atoms with Crippen molar-refractivity contribution in [3.63, 3.8) is 0 Å². The van der Waals surface area contributed by atoms with E-state index in [0.717, 1.165) is 57.5 Å². The van der Waals surface area contributed by atoms with Crippen LogP contribution in [0.4, 0.5) is 0 Å². The summed E-state index contributed by atoms with van der Waals surface area (Å²) in [6, 6.07) is 1.75. The zero-order valence-corrected chi connectivity index (χ0v) is 16.3. The maximum absolute atomic E-state index is 12.8. The highest BCUT2D eigenvalue weighted by molar-refractivity contribution is 5.92. The summed E-state index contributed by atoms with van der Waals surface area (Å²) in [6.07, 6.45) is 5.31. The molecule has 1 unspecified atom stereocenters. The van der Waals surface area contributed by atoms with E-state index in [-0.39, 0.29) is 17.2 Å². The molecule has 6 nitrogen and oxygen atoms in total. The van der Waals surface area contributed by atoms with Gasteiger partial charge in [0.25, 0.3) is 5.91 Å². The van der Waals surface area contributed by atoms with Gasteiger partial charge in [0.05, 0.1) is 0 Å². The summed E-state index contributed by atoms with van der Waals surface area (Å²) >= 11 is 0. The molecule has 3 rings (SSSR count). The van der Waals surface area contributed by atoms with Crippen LogP contribution in [0.1, 0.15) is 69.1 Å². The van der Waals surface area contributed by atoms with Gasteiger partial charge in [-0.25, -0.2) is 0 Å². The van der Waals surface area contributed by atoms with Crippen molar-refractivity contribution in [3.8, 4) is 0 Å². The van der Waals surface area contributed by atoms with Gasteiger partial charge >= 0.3 is 0 Å². The maximum atomic E-state index is 12.8. The highest BCUT2D eigenvalue weighted by Crippen LogP contribution is 2.39. The van der Waals surface area contributed by atoms with Gasteiger partial charge in [-0.1, -0.05) is 25.9 Å². The van der Waals surface area contributed by atoms with Gasteiger partial charge in [-0.15, -0.1) is 0 Å². The lowest BCUT2D eigenvalue weighted by Gasteiger charge is -2.48. The van der Waals surface area contributed by atoms with E-state index in [4.69, 9.17) is 4.52 Å². The molecule has 0 aliphatic carbocycles. The Bertz CT molecular complexity index is 654. The fourth-order valence-corrected chi connectivity index (χ4v) is 4.18. The largest absolute Gasteiger partial charge is 0.361 e. The number of hydrogen-bond acceptors (Lipinski definition) is 4. The van der Waals surface area contributed by atoms with Crippen molar-refractivity contribution < 1.29 is 14.1 Å². The number of hydrogen-bond donors (Lipinski definition) is 0. The molecule has 26 heavy (non-hydrogen) atoms. The number of rotatable bonds is 5. The normalized spacial score (nSPS) is 23.9. The predicted molar refractivity (Wildman–Crippen MR) is 98.7 cm³/mol. The molecule has 0 N–H and O–H groups in total. The molecule has 1 aromatic heterocycles. The van der Waals surface area contributed by atoms with Crippen molar-refractivity contribution in [3.05, 3.63) is 17.5 Å². The summed E-state index contributed by atoms with van der Waals surface area (Å²) in [5.74, 6) is 1.55. The summed E-state index contributed by atoms with van der Waals surface area (Å²) in [5, 5.41) is 3.94. The summed E-state index contributed by atoms with van der Waals surface area (Å²) in [7, 11) is 0. The number of carbonyl (C=O) groups excluding carboxylic acids is 2. The Hall–Kier alpha value is -1.85. The zero-order chi connectivity index (χ0) is 18.7. The number of aryl methyl sites for hydroxylation is 1. The number of piperidine rings is 2. The van der Waals surface area contributed by atoms with E-state index in [1.165, 1.54) is 0 Å². The van der Waals surface area contributed by atoms with E-state index in [1.54, 1.807) is 6.07 Å². The average molecular weight is 361 g/mol. The lowest BCUT2D eigenvalue weighted by Crippen LogP contribution is -2.55. The smallest absolute Gasteiger partial charge is 0.276 e. The highest BCUT2D eigenvalue weighted by Gasteiger charge is 2.43. The third-order valence-electron chi connectivity index (χ3n) is 5.80. The van der Waals surface area contributed by atoms with Crippen LogP contribution in [0.5, 0.6) is 0 Å². The molecule has 0 radical (unpaired) electrons. The van der Waals surface area contributed by atoms with Crippen LogP contribution in [0.25, 0.3) is 0 Å². The van der Waals surface area contributed by atoms with Gasteiger partial charge < -0.3 is 14.3 Å². The van der Waals surface area contributed by atoms with Crippen molar-refractivity contribution in [2.24, 2.45) is 11.3 Å². The Morgan fingerprint density at radius 2 is 2.15 bits per heavy atom. The monoisotopic (exact) mass is 361 g/mol. The minimum absolute atomic E-state index is 0.0378. The first-order valence-corrected chi connectivity index (χ1v) is 9.95. The Morgan fingerprint density at radius 1 is 1.35 bits per heavy atom. The van der Waals surface area contributed by atoms with Crippen LogP contribution >= 0.6 is 0 Å². The van der Waals surface area contributed by atoms with Gasteiger partial charge in [0.1, 0.15) is 5.76 Å². The molecule has 2 amide bonds. The second kappa shape index (κ2) is 7.80. The van der Waals surface area contributed by atoms with Gasteiger partial charge in [0.15, 0.2) is 5.69 Å². The van der Waals surface area contributed by atoms with Crippen molar-refractivity contribution in [1.29, 1.82) is 0 Å². The van der Waals surface area contributed by atoms with E-state index in [2.05, 4.69) is 19.0 Å². The fourth-order valence-electron chi connectivity index (χ4n) is 4.18. The molecule has 6 heteroatoms. The molecule has 0 saturated carbocycles. The summed E-state index contributed by atoms with van der Waals surface area (Å²) in [5.41, 5.74) is 0.443. The molecule has 2 aliphatic heterocycles. The van der Waals surface area contributed by atoms with E-state index in [9.17, 15) is 9.59 Å². The number of carbonyl (C=O) groups is 2. The van der Waals surface area contributed by atoms with E-state index in [1.807, 2.05) is 16.7 Å². The lowest BCUT2D eigenvalue weighted by atomic mass is 9.73. The molecule has 1 aromatic rings. The van der Waals surface area contributed by atoms with Crippen LogP contribution in [0.2, 0.25) is 0 Å². The minimum atomic E-state index is -0.0434. The van der Waals surface area contributed by atoms with Gasteiger partial charge in [-0.3, -0.25) is 9.59 Å². The van der Waals surface area contributed by atoms with Gasteiger partial charge in [0.2, 0.25) is 5.91 Å². The second-order valence-corrected chi connectivity index (χ2v) is 8.36. The molecular formula is C20H31N3O3. The van der Waals surface area contributed by atoms with E-state index in [0.29, 0.717) is 24.6 Å². The highest BCUT2D eigenvalue weighted by atomic mass is 16.5. The van der Waals surface area contributed by atoms with Crippen LogP contribution in [0, 0.1) is 11.3 Å². The topological polar surface area (TPSA) is 66.7 Å². The average Bonchev–Trinajstić information content (AvgIpc) is 3.11. The molecule has 0 aromatic carbocycles. The van der Waals surface area contributed by atoms with Gasteiger partial charge in [-0.05, 0) is 31.6 Å². The second-order valence-electron chi connectivity index (χ2n) is 8.36. The third-order valence-corrected chi connectivity index (χ3v) is 5.80. The Balaban J connectivity index is 1.68. The summed E-state index contributed by atoms with van der Waals surface area (Å²) < 4.78 is 5.20. The number of likely N-dealkylation sites (tertiary alicyclic amines) is 2. The number of aromatic nitrogens is 1. The van der Waals surface area contributed by atoms with Crippen molar-refractivity contribution in [2.45, 2.75) is 59.3 Å². The Kier molecular flexibility index (Phi) is 5.68. The summed E-state index contributed by atoms with van der Waals surface area (Å²) in [6.45, 7) is 9.44. The lowest BCUT2D eigenvalue weighted by molar-refractivity contribution is -0.139. The molecule has 2 aliphatic rings.